The Morgan fingerprint density at radius 2 is 2.27 bits per heavy atom. The van der Waals surface area contributed by atoms with Gasteiger partial charge in [-0.2, -0.15) is 5.10 Å². The minimum atomic E-state index is 0.452. The first kappa shape index (κ1) is 8.56. The molecule has 0 aromatic carbocycles. The maximum absolute atomic E-state index is 5.93. The summed E-state index contributed by atoms with van der Waals surface area (Å²) in [6.45, 7) is 5.17. The van der Waals surface area contributed by atoms with Gasteiger partial charge in [-0.25, -0.2) is 0 Å². The van der Waals surface area contributed by atoms with Gasteiger partial charge in [0, 0.05) is 13.1 Å². The average molecular weight is 174 g/mol. The molecule has 4 heteroatoms. The third-order valence-electron chi connectivity index (χ3n) is 1.65. The highest BCUT2D eigenvalue weighted by Gasteiger charge is 2.09. The summed E-state index contributed by atoms with van der Waals surface area (Å²) in [4.78, 5) is 0. The van der Waals surface area contributed by atoms with Crippen LogP contribution in [0.1, 0.15) is 18.3 Å². The monoisotopic (exact) mass is 173 g/mol. The van der Waals surface area contributed by atoms with Crippen molar-refractivity contribution in [2.45, 2.75) is 26.9 Å². The van der Waals surface area contributed by atoms with Crippen LogP contribution in [-0.4, -0.2) is 9.78 Å². The Morgan fingerprint density at radius 1 is 1.64 bits per heavy atom. The molecule has 0 saturated heterocycles. The van der Waals surface area contributed by atoms with Crippen molar-refractivity contribution in [2.24, 2.45) is 5.73 Å². The Bertz CT molecular complexity index is 254. The topological polar surface area (TPSA) is 43.8 Å². The molecule has 0 aliphatic carbocycles. The highest BCUT2D eigenvalue weighted by Crippen LogP contribution is 2.18. The number of nitrogens with two attached hydrogens (primary N) is 1. The molecule has 1 aromatic rings. The van der Waals surface area contributed by atoms with Crippen molar-refractivity contribution in [2.75, 3.05) is 0 Å². The lowest BCUT2D eigenvalue weighted by molar-refractivity contribution is 0.618. The largest absolute Gasteiger partial charge is 0.325 e. The second-order valence-corrected chi connectivity index (χ2v) is 2.74. The molecular weight excluding hydrogens is 162 g/mol. The van der Waals surface area contributed by atoms with Gasteiger partial charge >= 0.3 is 0 Å². The van der Waals surface area contributed by atoms with Crippen molar-refractivity contribution in [1.82, 2.24) is 9.78 Å². The van der Waals surface area contributed by atoms with Crippen LogP contribution < -0.4 is 5.73 Å². The van der Waals surface area contributed by atoms with Gasteiger partial charge in [-0.05, 0) is 13.8 Å². The summed E-state index contributed by atoms with van der Waals surface area (Å²) in [6.07, 6.45) is 0. The number of nitrogens with zero attached hydrogens (tertiary/aromatic N) is 2. The smallest absolute Gasteiger partial charge is 0.0860 e. The van der Waals surface area contributed by atoms with Gasteiger partial charge in [0.05, 0.1) is 16.4 Å². The minimum absolute atomic E-state index is 0.452. The first-order valence-electron chi connectivity index (χ1n) is 3.62. The van der Waals surface area contributed by atoms with E-state index in [0.717, 1.165) is 17.9 Å². The first-order valence-corrected chi connectivity index (χ1v) is 4.00. The maximum Gasteiger partial charge on any atom is 0.0860 e. The normalized spacial score (nSPS) is 10.5. The van der Waals surface area contributed by atoms with Crippen LogP contribution >= 0.6 is 11.6 Å². The number of aromatic nitrogens is 2. The van der Waals surface area contributed by atoms with Crippen LogP contribution in [0.15, 0.2) is 0 Å². The molecule has 62 valence electrons. The summed E-state index contributed by atoms with van der Waals surface area (Å²) in [7, 11) is 0. The number of aryl methyl sites for hydroxylation is 2. The third-order valence-corrected chi connectivity index (χ3v) is 2.14. The highest BCUT2D eigenvalue weighted by molar-refractivity contribution is 6.31. The van der Waals surface area contributed by atoms with Crippen LogP contribution in [0.5, 0.6) is 0 Å². The van der Waals surface area contributed by atoms with Crippen LogP contribution in [0.3, 0.4) is 0 Å². The molecule has 1 heterocycles. The lowest BCUT2D eigenvalue weighted by atomic mass is 10.3. The van der Waals surface area contributed by atoms with E-state index in [1.54, 1.807) is 0 Å². The zero-order chi connectivity index (χ0) is 8.43. The van der Waals surface area contributed by atoms with Gasteiger partial charge in [0.2, 0.25) is 0 Å². The third kappa shape index (κ3) is 1.39. The number of rotatable bonds is 2. The Morgan fingerprint density at radius 3 is 2.64 bits per heavy atom. The van der Waals surface area contributed by atoms with Crippen LogP contribution in [0.25, 0.3) is 0 Å². The molecule has 1 rings (SSSR count). The van der Waals surface area contributed by atoms with Crippen LogP contribution in [0.2, 0.25) is 5.02 Å². The maximum atomic E-state index is 5.93. The predicted octanol–water partition coefficient (Wildman–Crippen LogP) is 1.32. The standard InChI is InChI=1S/C7H12ClN3/c1-3-11-6(4-9)7(8)5(2)10-11/h3-4,9H2,1-2H3. The highest BCUT2D eigenvalue weighted by atomic mass is 35.5. The average Bonchev–Trinajstić information content (AvgIpc) is 2.28. The number of halogens is 1. The molecule has 0 bridgehead atoms. The molecule has 11 heavy (non-hydrogen) atoms. The molecular formula is C7H12ClN3. The Hall–Kier alpha value is -0.540. The molecule has 0 saturated carbocycles. The van der Waals surface area contributed by atoms with E-state index in [0.29, 0.717) is 11.6 Å². The molecule has 0 fully saturated rings. The van der Waals surface area contributed by atoms with E-state index in [9.17, 15) is 0 Å². The van der Waals surface area contributed by atoms with Gasteiger partial charge in [0.25, 0.3) is 0 Å². The molecule has 1 aromatic heterocycles. The second kappa shape index (κ2) is 3.24. The quantitative estimate of drug-likeness (QED) is 0.733. The lowest BCUT2D eigenvalue weighted by Crippen LogP contribution is -2.07. The van der Waals surface area contributed by atoms with Crippen LogP contribution in [-0.2, 0) is 13.1 Å². The summed E-state index contributed by atoms with van der Waals surface area (Å²) in [5.74, 6) is 0. The fourth-order valence-corrected chi connectivity index (χ4v) is 1.28. The second-order valence-electron chi connectivity index (χ2n) is 2.37. The zero-order valence-electron chi connectivity index (χ0n) is 6.76. The molecule has 0 aliphatic rings. The molecule has 0 atom stereocenters. The predicted molar refractivity (Wildman–Crippen MR) is 45.5 cm³/mol. The molecule has 0 amide bonds. The summed E-state index contributed by atoms with van der Waals surface area (Å²) in [5, 5.41) is 4.91. The molecule has 0 aliphatic heterocycles. The van der Waals surface area contributed by atoms with E-state index in [2.05, 4.69) is 5.10 Å². The summed E-state index contributed by atoms with van der Waals surface area (Å²) < 4.78 is 1.83. The van der Waals surface area contributed by atoms with Gasteiger partial charge < -0.3 is 5.73 Å². The van der Waals surface area contributed by atoms with Crippen molar-refractivity contribution in [3.63, 3.8) is 0 Å². The first-order chi connectivity index (χ1) is 5.20. The van der Waals surface area contributed by atoms with E-state index in [-0.39, 0.29) is 0 Å². The summed E-state index contributed by atoms with van der Waals surface area (Å²) >= 11 is 5.93. The SMILES string of the molecule is CCn1nc(C)c(Cl)c1CN. The zero-order valence-corrected chi connectivity index (χ0v) is 7.52. The number of hydrogen-bond acceptors (Lipinski definition) is 2. The van der Waals surface area contributed by atoms with Gasteiger partial charge in [0.1, 0.15) is 0 Å². The fourth-order valence-electron chi connectivity index (χ4n) is 1.06. The Balaban J connectivity index is 3.15. The summed E-state index contributed by atoms with van der Waals surface area (Å²) in [5.41, 5.74) is 7.27. The Labute approximate surface area is 71.1 Å². The summed E-state index contributed by atoms with van der Waals surface area (Å²) in [6, 6.07) is 0. The molecule has 0 radical (unpaired) electrons. The van der Waals surface area contributed by atoms with Gasteiger partial charge in [-0.15, -0.1) is 0 Å². The van der Waals surface area contributed by atoms with Crippen molar-refractivity contribution < 1.29 is 0 Å². The minimum Gasteiger partial charge on any atom is -0.325 e. The van der Waals surface area contributed by atoms with Gasteiger partial charge in [-0.3, -0.25) is 4.68 Å². The van der Waals surface area contributed by atoms with E-state index in [1.165, 1.54) is 0 Å². The lowest BCUT2D eigenvalue weighted by Gasteiger charge is -2.00. The van der Waals surface area contributed by atoms with Crippen molar-refractivity contribution in [3.05, 3.63) is 16.4 Å². The van der Waals surface area contributed by atoms with Crippen LogP contribution in [0, 0.1) is 6.92 Å². The Kier molecular flexibility index (Phi) is 2.52. The van der Waals surface area contributed by atoms with E-state index < -0.39 is 0 Å². The molecule has 0 spiro atoms. The molecule has 2 N–H and O–H groups in total. The van der Waals surface area contributed by atoms with Crippen molar-refractivity contribution in [3.8, 4) is 0 Å². The van der Waals surface area contributed by atoms with Crippen LogP contribution in [0.4, 0.5) is 0 Å². The number of hydrogen-bond donors (Lipinski definition) is 1. The van der Waals surface area contributed by atoms with Gasteiger partial charge in [0.15, 0.2) is 0 Å². The van der Waals surface area contributed by atoms with E-state index in [1.807, 2.05) is 18.5 Å². The van der Waals surface area contributed by atoms with Gasteiger partial charge in [-0.1, -0.05) is 11.6 Å². The van der Waals surface area contributed by atoms with E-state index >= 15 is 0 Å². The van der Waals surface area contributed by atoms with Crippen molar-refractivity contribution >= 4 is 11.6 Å². The van der Waals surface area contributed by atoms with Crippen molar-refractivity contribution in [1.29, 1.82) is 0 Å². The van der Waals surface area contributed by atoms with E-state index in [4.69, 9.17) is 17.3 Å². The molecule has 3 nitrogen and oxygen atoms in total. The fraction of sp³-hybridized carbons (Fsp3) is 0.571. The molecule has 0 unspecified atom stereocenters.